The number of carbonyl (C=O) groups is 3. The number of carbonyl (C=O) groups excluding carboxylic acids is 3. The van der Waals surface area contributed by atoms with E-state index >= 15 is 0 Å². The van der Waals surface area contributed by atoms with E-state index in [1.54, 1.807) is 30.0 Å². The summed E-state index contributed by atoms with van der Waals surface area (Å²) in [5.41, 5.74) is 2.54. The monoisotopic (exact) mass is 414 g/mol. The molecule has 2 aromatic rings. The number of hydrogen-bond donors (Lipinski definition) is 1. The highest BCUT2D eigenvalue weighted by Crippen LogP contribution is 2.32. The van der Waals surface area contributed by atoms with E-state index in [4.69, 9.17) is 4.74 Å². The summed E-state index contributed by atoms with van der Waals surface area (Å²) in [5, 5.41) is 6.62. The summed E-state index contributed by atoms with van der Waals surface area (Å²) in [6.07, 6.45) is 1.67. The van der Waals surface area contributed by atoms with Crippen LogP contribution in [0, 0.1) is 13.8 Å². The molecule has 0 saturated carbocycles. The normalized spacial score (nSPS) is 15.3. The molecule has 29 heavy (non-hydrogen) atoms. The van der Waals surface area contributed by atoms with Crippen molar-refractivity contribution in [2.24, 2.45) is 0 Å². The molecule has 1 N–H and O–H groups in total. The Balaban J connectivity index is 1.53. The molecule has 1 aromatic heterocycles. The van der Waals surface area contributed by atoms with Gasteiger partial charge < -0.3 is 10.1 Å². The summed E-state index contributed by atoms with van der Waals surface area (Å²) >= 11 is 0.893. The molecular weight excluding hydrogens is 392 g/mol. The van der Waals surface area contributed by atoms with Gasteiger partial charge in [-0.15, -0.1) is 0 Å². The van der Waals surface area contributed by atoms with Gasteiger partial charge in [0.25, 0.3) is 11.1 Å². The number of benzene rings is 1. The van der Waals surface area contributed by atoms with Crippen LogP contribution in [0.3, 0.4) is 0 Å². The molecule has 0 aliphatic carbocycles. The van der Waals surface area contributed by atoms with Gasteiger partial charge >= 0.3 is 0 Å². The average molecular weight is 414 g/mol. The van der Waals surface area contributed by atoms with Gasteiger partial charge in [-0.25, -0.2) is 0 Å². The maximum absolute atomic E-state index is 12.5. The molecule has 3 amide bonds. The number of methoxy groups -OCH3 is 1. The third-order valence-corrected chi connectivity index (χ3v) is 5.25. The third-order valence-electron chi connectivity index (χ3n) is 4.34. The predicted molar refractivity (Wildman–Crippen MR) is 110 cm³/mol. The van der Waals surface area contributed by atoms with Crippen LogP contribution in [0.25, 0.3) is 6.08 Å². The second-order valence-corrected chi connectivity index (χ2v) is 7.53. The summed E-state index contributed by atoms with van der Waals surface area (Å²) in [4.78, 5) is 38.3. The summed E-state index contributed by atoms with van der Waals surface area (Å²) in [7, 11) is 1.58. The molecular formula is C20H22N4O4S. The standard InChI is InChI=1S/C20H22N4O4S/c1-13-10-14(2)24(22-13)12-18(25)21-8-9-23-19(26)17(29-20(23)27)11-15-4-6-16(28-3)7-5-15/h4-7,10-11H,8-9,12H2,1-3H3,(H,21,25)/b17-11+. The fourth-order valence-electron chi connectivity index (χ4n) is 2.88. The Bertz CT molecular complexity index is 965. The number of imide groups is 1. The second-order valence-electron chi connectivity index (χ2n) is 6.54. The lowest BCUT2D eigenvalue weighted by Gasteiger charge is -2.13. The van der Waals surface area contributed by atoms with Crippen molar-refractivity contribution in [1.29, 1.82) is 0 Å². The average Bonchev–Trinajstić information content (AvgIpc) is 3.14. The quantitative estimate of drug-likeness (QED) is 0.699. The number of rotatable bonds is 7. The Morgan fingerprint density at radius 1 is 1.24 bits per heavy atom. The van der Waals surface area contributed by atoms with Crippen LogP contribution >= 0.6 is 11.8 Å². The molecule has 1 fully saturated rings. The van der Waals surface area contributed by atoms with Crippen LogP contribution in [0.4, 0.5) is 4.79 Å². The lowest BCUT2D eigenvalue weighted by atomic mass is 10.2. The molecule has 2 heterocycles. The minimum Gasteiger partial charge on any atom is -0.497 e. The van der Waals surface area contributed by atoms with Crippen molar-refractivity contribution in [1.82, 2.24) is 20.0 Å². The number of aryl methyl sites for hydroxylation is 2. The Hall–Kier alpha value is -3.07. The minimum absolute atomic E-state index is 0.0962. The first-order valence-electron chi connectivity index (χ1n) is 9.04. The van der Waals surface area contributed by atoms with E-state index in [2.05, 4.69) is 10.4 Å². The lowest BCUT2D eigenvalue weighted by Crippen LogP contribution is -2.38. The SMILES string of the molecule is COc1ccc(/C=C2/SC(=O)N(CCNC(=O)Cn3nc(C)cc3C)C2=O)cc1. The van der Waals surface area contributed by atoms with Crippen LogP contribution in [0.2, 0.25) is 0 Å². The molecule has 0 radical (unpaired) electrons. The van der Waals surface area contributed by atoms with Crippen LogP contribution < -0.4 is 10.1 Å². The molecule has 0 unspecified atom stereocenters. The number of ether oxygens (including phenoxy) is 1. The van der Waals surface area contributed by atoms with Crippen LogP contribution in [0.1, 0.15) is 17.0 Å². The van der Waals surface area contributed by atoms with Crippen molar-refractivity contribution in [3.8, 4) is 5.75 Å². The van der Waals surface area contributed by atoms with Crippen molar-refractivity contribution in [3.05, 3.63) is 52.2 Å². The van der Waals surface area contributed by atoms with E-state index in [9.17, 15) is 14.4 Å². The van der Waals surface area contributed by atoms with E-state index in [-0.39, 0.29) is 36.7 Å². The summed E-state index contributed by atoms with van der Waals surface area (Å²) in [6.45, 7) is 4.14. The van der Waals surface area contributed by atoms with E-state index in [0.29, 0.717) is 10.7 Å². The van der Waals surface area contributed by atoms with E-state index in [1.807, 2.05) is 32.0 Å². The first-order valence-corrected chi connectivity index (χ1v) is 9.86. The molecule has 0 bridgehead atoms. The molecule has 1 aliphatic rings. The highest BCUT2D eigenvalue weighted by Gasteiger charge is 2.34. The number of hydrogen-bond acceptors (Lipinski definition) is 6. The van der Waals surface area contributed by atoms with Crippen molar-refractivity contribution >= 4 is 34.9 Å². The van der Waals surface area contributed by atoms with Crippen LogP contribution in [-0.2, 0) is 16.1 Å². The van der Waals surface area contributed by atoms with Crippen LogP contribution in [0.15, 0.2) is 35.2 Å². The van der Waals surface area contributed by atoms with E-state index in [1.165, 1.54) is 0 Å². The Kier molecular flexibility index (Phi) is 6.38. The molecule has 3 rings (SSSR count). The number of nitrogens with zero attached hydrogens (tertiary/aromatic N) is 3. The molecule has 1 aromatic carbocycles. The van der Waals surface area contributed by atoms with Crippen molar-refractivity contribution in [2.75, 3.05) is 20.2 Å². The second kappa shape index (κ2) is 8.95. The van der Waals surface area contributed by atoms with Gasteiger partial charge in [0, 0.05) is 18.8 Å². The molecule has 0 atom stereocenters. The molecule has 0 spiro atoms. The number of nitrogens with one attached hydrogen (secondary N) is 1. The molecule has 1 aliphatic heterocycles. The van der Waals surface area contributed by atoms with E-state index < -0.39 is 0 Å². The van der Waals surface area contributed by atoms with Gasteiger partial charge in [0.2, 0.25) is 5.91 Å². The van der Waals surface area contributed by atoms with Gasteiger partial charge in [0.15, 0.2) is 0 Å². The number of aromatic nitrogens is 2. The number of thioether (sulfide) groups is 1. The van der Waals surface area contributed by atoms with Gasteiger partial charge in [-0.1, -0.05) is 12.1 Å². The van der Waals surface area contributed by atoms with Crippen LogP contribution in [-0.4, -0.2) is 51.9 Å². The third kappa shape index (κ3) is 5.05. The summed E-state index contributed by atoms with van der Waals surface area (Å²) in [6, 6.07) is 9.09. The Labute approximate surface area is 172 Å². The Morgan fingerprint density at radius 2 is 1.97 bits per heavy atom. The molecule has 9 heteroatoms. The molecule has 8 nitrogen and oxygen atoms in total. The fraction of sp³-hybridized carbons (Fsp3) is 0.300. The predicted octanol–water partition coefficient (Wildman–Crippen LogP) is 2.36. The number of amides is 3. The first-order chi connectivity index (χ1) is 13.9. The first kappa shape index (κ1) is 20.7. The van der Waals surface area contributed by atoms with Crippen molar-refractivity contribution < 1.29 is 19.1 Å². The van der Waals surface area contributed by atoms with Crippen LogP contribution in [0.5, 0.6) is 5.75 Å². The van der Waals surface area contributed by atoms with Crippen molar-refractivity contribution in [2.45, 2.75) is 20.4 Å². The van der Waals surface area contributed by atoms with Gasteiger partial charge in [-0.05, 0) is 55.4 Å². The zero-order valence-corrected chi connectivity index (χ0v) is 17.3. The minimum atomic E-state index is -0.358. The highest BCUT2D eigenvalue weighted by molar-refractivity contribution is 8.18. The maximum atomic E-state index is 12.5. The van der Waals surface area contributed by atoms with Gasteiger partial charge in [0.05, 0.1) is 17.7 Å². The zero-order valence-electron chi connectivity index (χ0n) is 16.5. The van der Waals surface area contributed by atoms with Gasteiger partial charge in [-0.3, -0.25) is 24.0 Å². The summed E-state index contributed by atoms with van der Waals surface area (Å²) < 4.78 is 6.72. The molecule has 1 saturated heterocycles. The highest BCUT2D eigenvalue weighted by atomic mass is 32.2. The Morgan fingerprint density at radius 3 is 2.59 bits per heavy atom. The summed E-state index contributed by atoms with van der Waals surface area (Å²) in [5.74, 6) is 0.132. The largest absolute Gasteiger partial charge is 0.497 e. The van der Waals surface area contributed by atoms with Crippen molar-refractivity contribution in [3.63, 3.8) is 0 Å². The molecule has 152 valence electrons. The maximum Gasteiger partial charge on any atom is 0.293 e. The zero-order chi connectivity index (χ0) is 21.0. The van der Waals surface area contributed by atoms with E-state index in [0.717, 1.165) is 33.6 Å². The topological polar surface area (TPSA) is 93.5 Å². The van der Waals surface area contributed by atoms with Gasteiger partial charge in [0.1, 0.15) is 12.3 Å². The fourth-order valence-corrected chi connectivity index (χ4v) is 3.74. The lowest BCUT2D eigenvalue weighted by molar-refractivity contribution is -0.124. The smallest absolute Gasteiger partial charge is 0.293 e. The van der Waals surface area contributed by atoms with Gasteiger partial charge in [-0.2, -0.15) is 5.10 Å².